The number of rotatable bonds is 6. The molecule has 1 N–H and O–H groups in total. The predicted molar refractivity (Wildman–Crippen MR) is 95.1 cm³/mol. The van der Waals surface area contributed by atoms with Gasteiger partial charge in [0.25, 0.3) is 0 Å². The molecule has 1 aromatic carbocycles. The van der Waals surface area contributed by atoms with E-state index in [-0.39, 0.29) is 5.91 Å². The number of carbonyl (C=O) groups is 1. The van der Waals surface area contributed by atoms with Gasteiger partial charge in [0.1, 0.15) is 16.8 Å². The number of amides is 1. The molecule has 0 unspecified atom stereocenters. The second-order valence-corrected chi connectivity index (χ2v) is 6.54. The highest BCUT2D eigenvalue weighted by atomic mass is 35.5. The van der Waals surface area contributed by atoms with E-state index in [9.17, 15) is 4.79 Å². The minimum atomic E-state index is 0.231. The van der Waals surface area contributed by atoms with E-state index in [4.69, 9.17) is 11.6 Å². The second kappa shape index (κ2) is 7.62. The lowest BCUT2D eigenvalue weighted by molar-refractivity contribution is -0.127. The average molecular weight is 345 g/mol. The molecule has 5 nitrogen and oxygen atoms in total. The highest BCUT2D eigenvalue weighted by Crippen LogP contribution is 2.19. The molecule has 24 heavy (non-hydrogen) atoms. The Morgan fingerprint density at radius 2 is 2.08 bits per heavy atom. The molecule has 1 amide bonds. The van der Waals surface area contributed by atoms with Crippen LogP contribution >= 0.6 is 11.6 Å². The van der Waals surface area contributed by atoms with Crippen LogP contribution in [0.15, 0.2) is 36.4 Å². The lowest BCUT2D eigenvalue weighted by Gasteiger charge is -2.17. The quantitative estimate of drug-likeness (QED) is 0.818. The van der Waals surface area contributed by atoms with Crippen LogP contribution in [-0.4, -0.2) is 40.4 Å². The monoisotopic (exact) mass is 344 g/mol. The maximum Gasteiger partial charge on any atom is 0.223 e. The third kappa shape index (κ3) is 4.45. The summed E-state index contributed by atoms with van der Waals surface area (Å²) in [6.45, 7) is 4.08. The first-order valence-corrected chi connectivity index (χ1v) is 8.54. The first-order valence-electron chi connectivity index (χ1n) is 8.17. The summed E-state index contributed by atoms with van der Waals surface area (Å²) in [7, 11) is 0. The zero-order valence-electron chi connectivity index (χ0n) is 13.7. The molecule has 0 radical (unpaired) electrons. The molecule has 1 saturated heterocycles. The van der Waals surface area contributed by atoms with Crippen molar-refractivity contribution in [3.8, 4) is 0 Å². The van der Waals surface area contributed by atoms with Crippen molar-refractivity contribution in [2.45, 2.75) is 19.8 Å². The van der Waals surface area contributed by atoms with Crippen molar-refractivity contribution in [1.82, 2.24) is 14.9 Å². The third-order valence-corrected chi connectivity index (χ3v) is 4.38. The molecule has 2 heterocycles. The maximum absolute atomic E-state index is 12.2. The van der Waals surface area contributed by atoms with Gasteiger partial charge in [-0.15, -0.1) is 0 Å². The molecule has 0 aliphatic carbocycles. The molecule has 126 valence electrons. The number of halogens is 1. The Hall–Kier alpha value is -2.14. The van der Waals surface area contributed by atoms with Crippen LogP contribution in [0.4, 0.5) is 5.82 Å². The first kappa shape index (κ1) is 16.7. The summed E-state index contributed by atoms with van der Waals surface area (Å²) >= 11 is 5.94. The van der Waals surface area contributed by atoms with Crippen molar-refractivity contribution in [3.63, 3.8) is 0 Å². The molecular formula is C18H21ClN4O. The Kier molecular flexibility index (Phi) is 5.30. The molecule has 0 saturated carbocycles. The van der Waals surface area contributed by atoms with Gasteiger partial charge in [-0.3, -0.25) is 4.79 Å². The summed E-state index contributed by atoms with van der Waals surface area (Å²) in [5, 5.41) is 3.70. The van der Waals surface area contributed by atoms with Crippen LogP contribution in [0.25, 0.3) is 0 Å². The fraction of sp³-hybridized carbons (Fsp3) is 0.389. The molecule has 0 bridgehead atoms. The van der Waals surface area contributed by atoms with Crippen LogP contribution < -0.4 is 5.32 Å². The van der Waals surface area contributed by atoms with Crippen molar-refractivity contribution in [2.75, 3.05) is 25.0 Å². The standard InChI is InChI=1S/C18H21ClN4O/c1-13-21-16(19)10-17(22-13)20-11-15-9-18(24)23(12-15)8-7-14-5-3-2-4-6-14/h2-6,10,15H,7-9,11-12H2,1H3,(H,20,21,22)/t15-/m1/s1. The molecule has 2 aromatic rings. The number of benzene rings is 1. The highest BCUT2D eigenvalue weighted by Gasteiger charge is 2.29. The van der Waals surface area contributed by atoms with Gasteiger partial charge in [0, 0.05) is 38.0 Å². The van der Waals surface area contributed by atoms with Crippen molar-refractivity contribution >= 4 is 23.3 Å². The fourth-order valence-corrected chi connectivity index (χ4v) is 3.21. The zero-order chi connectivity index (χ0) is 16.9. The molecule has 3 rings (SSSR count). The Morgan fingerprint density at radius 3 is 2.83 bits per heavy atom. The summed E-state index contributed by atoms with van der Waals surface area (Å²) in [6.07, 6.45) is 1.48. The Balaban J connectivity index is 1.49. The van der Waals surface area contributed by atoms with Crippen LogP contribution in [0.2, 0.25) is 5.15 Å². The number of hydrogen-bond acceptors (Lipinski definition) is 4. The predicted octanol–water partition coefficient (Wildman–Crippen LogP) is 2.94. The van der Waals surface area contributed by atoms with E-state index in [0.29, 0.717) is 35.7 Å². The molecule has 6 heteroatoms. The number of hydrogen-bond donors (Lipinski definition) is 1. The van der Waals surface area contributed by atoms with Crippen molar-refractivity contribution < 1.29 is 4.79 Å². The number of aromatic nitrogens is 2. The summed E-state index contributed by atoms with van der Waals surface area (Å²) in [4.78, 5) is 22.5. The van der Waals surface area contributed by atoms with Gasteiger partial charge in [0.15, 0.2) is 0 Å². The van der Waals surface area contributed by atoms with Gasteiger partial charge in [-0.1, -0.05) is 41.9 Å². The lowest BCUT2D eigenvalue weighted by Crippen LogP contribution is -2.28. The molecular weight excluding hydrogens is 324 g/mol. The number of carbonyl (C=O) groups excluding carboxylic acids is 1. The first-order chi connectivity index (χ1) is 11.6. The van der Waals surface area contributed by atoms with E-state index in [1.54, 1.807) is 6.07 Å². The molecule has 1 aromatic heterocycles. The minimum absolute atomic E-state index is 0.231. The number of likely N-dealkylation sites (tertiary alicyclic amines) is 1. The van der Waals surface area contributed by atoms with E-state index in [2.05, 4.69) is 27.4 Å². The summed E-state index contributed by atoms with van der Waals surface area (Å²) in [5.74, 6) is 1.87. The second-order valence-electron chi connectivity index (χ2n) is 6.15. The molecule has 1 aliphatic heterocycles. The lowest BCUT2D eigenvalue weighted by atomic mass is 10.1. The highest BCUT2D eigenvalue weighted by molar-refractivity contribution is 6.29. The summed E-state index contributed by atoms with van der Waals surface area (Å²) in [6, 6.07) is 12.0. The van der Waals surface area contributed by atoms with Gasteiger partial charge < -0.3 is 10.2 Å². The van der Waals surface area contributed by atoms with Gasteiger partial charge in [-0.25, -0.2) is 9.97 Å². The number of aryl methyl sites for hydroxylation is 1. The summed E-state index contributed by atoms with van der Waals surface area (Å²) in [5.41, 5.74) is 1.26. The van der Waals surface area contributed by atoms with Gasteiger partial charge >= 0.3 is 0 Å². The SMILES string of the molecule is Cc1nc(Cl)cc(NC[C@H]2CC(=O)N(CCc3ccccc3)C2)n1. The smallest absolute Gasteiger partial charge is 0.223 e. The van der Waals surface area contributed by atoms with Gasteiger partial charge in [-0.05, 0) is 18.9 Å². The number of nitrogens with one attached hydrogen (secondary N) is 1. The van der Waals surface area contributed by atoms with Gasteiger partial charge in [-0.2, -0.15) is 0 Å². The van der Waals surface area contributed by atoms with Gasteiger partial charge in [0.05, 0.1) is 0 Å². The van der Waals surface area contributed by atoms with E-state index in [1.165, 1.54) is 5.56 Å². The zero-order valence-corrected chi connectivity index (χ0v) is 14.5. The minimum Gasteiger partial charge on any atom is -0.370 e. The molecule has 1 fully saturated rings. The largest absolute Gasteiger partial charge is 0.370 e. The van der Waals surface area contributed by atoms with Gasteiger partial charge in [0.2, 0.25) is 5.91 Å². The fourth-order valence-electron chi connectivity index (χ4n) is 2.99. The molecule has 1 atom stereocenters. The van der Waals surface area contributed by atoms with Crippen LogP contribution in [-0.2, 0) is 11.2 Å². The van der Waals surface area contributed by atoms with Crippen LogP contribution in [0.3, 0.4) is 0 Å². The van der Waals surface area contributed by atoms with Crippen molar-refractivity contribution in [3.05, 3.63) is 52.9 Å². The van der Waals surface area contributed by atoms with Crippen molar-refractivity contribution in [1.29, 1.82) is 0 Å². The van der Waals surface area contributed by atoms with Crippen LogP contribution in [0, 0.1) is 12.8 Å². The average Bonchev–Trinajstić information content (AvgIpc) is 2.91. The van der Waals surface area contributed by atoms with E-state index in [0.717, 1.165) is 19.5 Å². The Labute approximate surface area is 147 Å². The Bertz CT molecular complexity index is 687. The topological polar surface area (TPSA) is 58.1 Å². The Morgan fingerprint density at radius 1 is 1.29 bits per heavy atom. The normalized spacial score (nSPS) is 17.3. The molecule has 0 spiro atoms. The van der Waals surface area contributed by atoms with E-state index < -0.39 is 0 Å². The summed E-state index contributed by atoms with van der Waals surface area (Å²) < 4.78 is 0. The van der Waals surface area contributed by atoms with Crippen molar-refractivity contribution in [2.24, 2.45) is 5.92 Å². The van der Waals surface area contributed by atoms with Crippen LogP contribution in [0.5, 0.6) is 0 Å². The number of nitrogens with zero attached hydrogens (tertiary/aromatic N) is 3. The van der Waals surface area contributed by atoms with E-state index >= 15 is 0 Å². The molecule has 1 aliphatic rings. The third-order valence-electron chi connectivity index (χ3n) is 4.19. The van der Waals surface area contributed by atoms with E-state index in [1.807, 2.05) is 30.0 Å². The maximum atomic E-state index is 12.2. The number of anilines is 1. The van der Waals surface area contributed by atoms with Crippen LogP contribution in [0.1, 0.15) is 17.8 Å².